The lowest BCUT2D eigenvalue weighted by molar-refractivity contribution is 0.103. The number of carbonyl (C=O) groups is 1. The number of carbonyl (C=O) groups excluding carboxylic acids is 1. The van der Waals surface area contributed by atoms with Crippen LogP contribution in [0.2, 0.25) is 0 Å². The zero-order valence-electron chi connectivity index (χ0n) is 10.8. The molecule has 2 aromatic carbocycles. The van der Waals surface area contributed by atoms with Crippen molar-refractivity contribution in [3.63, 3.8) is 0 Å². The molecule has 2 atom stereocenters. The van der Waals surface area contributed by atoms with E-state index in [-0.39, 0.29) is 5.78 Å². The number of allylic oxidation sites excluding steroid dienone is 1. The monoisotopic (exact) mass is 248 g/mol. The second kappa shape index (κ2) is 4.85. The molecule has 1 fully saturated rings. The molecule has 0 bridgehead atoms. The Hall–Kier alpha value is -2.15. The van der Waals surface area contributed by atoms with Gasteiger partial charge in [-0.3, -0.25) is 4.79 Å². The van der Waals surface area contributed by atoms with E-state index >= 15 is 0 Å². The molecule has 1 aliphatic rings. The Balaban J connectivity index is 1.80. The molecule has 1 saturated carbocycles. The molecule has 0 amide bonds. The van der Waals surface area contributed by atoms with Crippen molar-refractivity contribution in [2.24, 2.45) is 5.92 Å². The van der Waals surface area contributed by atoms with Crippen molar-refractivity contribution in [3.8, 4) is 0 Å². The average molecular weight is 248 g/mol. The lowest BCUT2D eigenvalue weighted by Gasteiger charge is -2.03. The van der Waals surface area contributed by atoms with Crippen LogP contribution in [0.3, 0.4) is 0 Å². The highest BCUT2D eigenvalue weighted by atomic mass is 16.1. The van der Waals surface area contributed by atoms with E-state index in [0.717, 1.165) is 11.1 Å². The highest BCUT2D eigenvalue weighted by Gasteiger charge is 2.35. The maximum absolute atomic E-state index is 12.2. The van der Waals surface area contributed by atoms with E-state index in [2.05, 4.69) is 18.7 Å². The van der Waals surface area contributed by atoms with Gasteiger partial charge in [-0.25, -0.2) is 0 Å². The third kappa shape index (κ3) is 2.37. The standard InChI is InChI=1S/C18H16O/c1-2-13-12-17(13)14-8-10-16(11-9-14)18(19)15-6-4-3-5-7-15/h2-11,13,17H,1,12H2. The fourth-order valence-electron chi connectivity index (χ4n) is 2.50. The number of hydrogen-bond donors (Lipinski definition) is 0. The van der Waals surface area contributed by atoms with E-state index in [0.29, 0.717) is 11.8 Å². The van der Waals surface area contributed by atoms with E-state index < -0.39 is 0 Å². The molecule has 0 heterocycles. The molecular weight excluding hydrogens is 232 g/mol. The Morgan fingerprint density at radius 1 is 1.00 bits per heavy atom. The van der Waals surface area contributed by atoms with Crippen molar-refractivity contribution >= 4 is 5.78 Å². The minimum absolute atomic E-state index is 0.0863. The first-order valence-corrected chi connectivity index (χ1v) is 6.62. The Morgan fingerprint density at radius 3 is 2.21 bits per heavy atom. The predicted molar refractivity (Wildman–Crippen MR) is 77.4 cm³/mol. The summed E-state index contributed by atoms with van der Waals surface area (Å²) in [5, 5.41) is 0. The van der Waals surface area contributed by atoms with Crippen LogP contribution in [-0.4, -0.2) is 5.78 Å². The van der Waals surface area contributed by atoms with Gasteiger partial charge >= 0.3 is 0 Å². The Bertz CT molecular complexity index is 595. The normalized spacial score (nSPS) is 20.8. The van der Waals surface area contributed by atoms with Gasteiger partial charge in [-0.2, -0.15) is 0 Å². The Morgan fingerprint density at radius 2 is 1.63 bits per heavy atom. The average Bonchev–Trinajstić information content (AvgIpc) is 3.27. The van der Waals surface area contributed by atoms with Gasteiger partial charge in [0, 0.05) is 11.1 Å². The maximum Gasteiger partial charge on any atom is 0.193 e. The summed E-state index contributed by atoms with van der Waals surface area (Å²) in [6, 6.07) is 17.4. The van der Waals surface area contributed by atoms with Crippen molar-refractivity contribution in [1.82, 2.24) is 0 Å². The summed E-state index contributed by atoms with van der Waals surface area (Å²) in [7, 11) is 0. The molecule has 2 unspecified atom stereocenters. The minimum atomic E-state index is 0.0863. The molecule has 0 aliphatic heterocycles. The van der Waals surface area contributed by atoms with Crippen molar-refractivity contribution in [1.29, 1.82) is 0 Å². The summed E-state index contributed by atoms with van der Waals surface area (Å²) in [6.07, 6.45) is 3.21. The maximum atomic E-state index is 12.2. The predicted octanol–water partition coefficient (Wildman–Crippen LogP) is 4.21. The van der Waals surface area contributed by atoms with E-state index in [1.807, 2.05) is 48.5 Å². The zero-order valence-corrected chi connectivity index (χ0v) is 10.8. The van der Waals surface area contributed by atoms with Gasteiger partial charge in [-0.05, 0) is 23.8 Å². The van der Waals surface area contributed by atoms with Crippen molar-refractivity contribution < 1.29 is 4.79 Å². The van der Waals surface area contributed by atoms with Crippen molar-refractivity contribution in [2.75, 3.05) is 0 Å². The second-order valence-electron chi connectivity index (χ2n) is 5.06. The van der Waals surface area contributed by atoms with E-state index in [4.69, 9.17) is 0 Å². The summed E-state index contributed by atoms with van der Waals surface area (Å²) in [6.45, 7) is 3.83. The molecule has 3 rings (SSSR count). The fraction of sp³-hybridized carbons (Fsp3) is 0.167. The largest absolute Gasteiger partial charge is 0.289 e. The van der Waals surface area contributed by atoms with Crippen LogP contribution in [0.4, 0.5) is 0 Å². The summed E-state index contributed by atoms with van der Waals surface area (Å²) in [4.78, 5) is 12.2. The van der Waals surface area contributed by atoms with Crippen molar-refractivity contribution in [2.45, 2.75) is 12.3 Å². The number of hydrogen-bond acceptors (Lipinski definition) is 1. The third-order valence-electron chi connectivity index (χ3n) is 3.78. The summed E-state index contributed by atoms with van der Waals surface area (Å²) in [5.41, 5.74) is 2.81. The Labute approximate surface area is 113 Å². The van der Waals surface area contributed by atoms with Gasteiger partial charge in [-0.15, -0.1) is 6.58 Å². The molecule has 94 valence electrons. The first kappa shape index (κ1) is 11.9. The van der Waals surface area contributed by atoms with Gasteiger partial charge in [0.1, 0.15) is 0 Å². The van der Waals surface area contributed by atoms with Gasteiger partial charge < -0.3 is 0 Å². The molecular formula is C18H16O. The number of benzene rings is 2. The number of ketones is 1. The van der Waals surface area contributed by atoms with Crippen LogP contribution >= 0.6 is 0 Å². The van der Waals surface area contributed by atoms with E-state index in [9.17, 15) is 4.79 Å². The van der Waals surface area contributed by atoms with Gasteiger partial charge in [0.15, 0.2) is 5.78 Å². The second-order valence-corrected chi connectivity index (χ2v) is 5.06. The molecule has 0 radical (unpaired) electrons. The highest BCUT2D eigenvalue weighted by molar-refractivity contribution is 6.08. The number of rotatable bonds is 4. The molecule has 1 heteroatoms. The first-order chi connectivity index (χ1) is 9.29. The molecule has 0 saturated heterocycles. The van der Waals surface area contributed by atoms with Crippen LogP contribution in [0.15, 0.2) is 67.3 Å². The van der Waals surface area contributed by atoms with E-state index in [1.54, 1.807) is 0 Å². The summed E-state index contributed by atoms with van der Waals surface area (Å²) >= 11 is 0. The minimum Gasteiger partial charge on any atom is -0.289 e. The highest BCUT2D eigenvalue weighted by Crippen LogP contribution is 2.47. The molecule has 2 aromatic rings. The molecule has 0 spiro atoms. The smallest absolute Gasteiger partial charge is 0.193 e. The first-order valence-electron chi connectivity index (χ1n) is 6.62. The van der Waals surface area contributed by atoms with E-state index in [1.165, 1.54) is 12.0 Å². The molecule has 0 aromatic heterocycles. The van der Waals surface area contributed by atoms with Gasteiger partial charge in [0.05, 0.1) is 0 Å². The van der Waals surface area contributed by atoms with Gasteiger partial charge in [-0.1, -0.05) is 60.7 Å². The molecule has 19 heavy (non-hydrogen) atoms. The fourth-order valence-corrected chi connectivity index (χ4v) is 2.50. The summed E-state index contributed by atoms with van der Waals surface area (Å²) in [5.74, 6) is 1.32. The molecule has 1 aliphatic carbocycles. The Kier molecular flexibility index (Phi) is 3.04. The van der Waals surface area contributed by atoms with Crippen LogP contribution in [-0.2, 0) is 0 Å². The topological polar surface area (TPSA) is 17.1 Å². The SMILES string of the molecule is C=CC1CC1c1ccc(C(=O)c2ccccc2)cc1. The van der Waals surface area contributed by atoms with Gasteiger partial charge in [0.2, 0.25) is 0 Å². The molecule has 0 N–H and O–H groups in total. The molecule has 1 nitrogen and oxygen atoms in total. The lowest BCUT2D eigenvalue weighted by atomic mass is 10.0. The zero-order chi connectivity index (χ0) is 13.2. The summed E-state index contributed by atoms with van der Waals surface area (Å²) < 4.78 is 0. The van der Waals surface area contributed by atoms with Crippen LogP contribution in [0.5, 0.6) is 0 Å². The quantitative estimate of drug-likeness (QED) is 0.585. The van der Waals surface area contributed by atoms with Crippen LogP contribution in [0.1, 0.15) is 33.8 Å². The van der Waals surface area contributed by atoms with Crippen LogP contribution < -0.4 is 0 Å². The van der Waals surface area contributed by atoms with Gasteiger partial charge in [0.25, 0.3) is 0 Å². The van der Waals surface area contributed by atoms with Crippen molar-refractivity contribution in [3.05, 3.63) is 83.9 Å². The van der Waals surface area contributed by atoms with Crippen LogP contribution in [0.25, 0.3) is 0 Å². The lowest BCUT2D eigenvalue weighted by Crippen LogP contribution is -2.00. The van der Waals surface area contributed by atoms with Crippen LogP contribution in [0, 0.1) is 5.92 Å². The third-order valence-corrected chi connectivity index (χ3v) is 3.78.